The van der Waals surface area contributed by atoms with Gasteiger partial charge in [0.2, 0.25) is 5.91 Å². The summed E-state index contributed by atoms with van der Waals surface area (Å²) in [5, 5.41) is 3.13. The zero-order chi connectivity index (χ0) is 19.9. The van der Waals surface area contributed by atoms with Gasteiger partial charge >= 0.3 is 0 Å². The molecule has 1 aliphatic heterocycles. The van der Waals surface area contributed by atoms with Gasteiger partial charge in [-0.2, -0.15) is 0 Å². The van der Waals surface area contributed by atoms with E-state index in [1.54, 1.807) is 0 Å². The first kappa shape index (κ1) is 19.4. The number of likely N-dealkylation sites (tertiary alicyclic amines) is 1. The topological polar surface area (TPSA) is 32.3 Å². The van der Waals surface area contributed by atoms with Crippen LogP contribution in [0.2, 0.25) is 0 Å². The highest BCUT2D eigenvalue weighted by atomic mass is 16.2. The van der Waals surface area contributed by atoms with Gasteiger partial charge in [0.15, 0.2) is 0 Å². The van der Waals surface area contributed by atoms with Gasteiger partial charge in [0, 0.05) is 11.3 Å². The zero-order valence-electron chi connectivity index (χ0n) is 16.8. The Hall–Kier alpha value is -2.91. The van der Waals surface area contributed by atoms with Gasteiger partial charge in [-0.25, -0.2) is 0 Å². The number of nitrogens with zero attached hydrogens (tertiary/aromatic N) is 1. The van der Waals surface area contributed by atoms with Crippen LogP contribution in [0, 0.1) is 5.92 Å². The van der Waals surface area contributed by atoms with Crippen LogP contribution >= 0.6 is 0 Å². The molecule has 29 heavy (non-hydrogen) atoms. The lowest BCUT2D eigenvalue weighted by Crippen LogP contribution is -2.39. The van der Waals surface area contributed by atoms with E-state index in [0.29, 0.717) is 6.54 Å². The third-order valence-corrected chi connectivity index (χ3v) is 5.73. The minimum absolute atomic E-state index is 0.0647. The predicted octanol–water partition coefficient (Wildman–Crippen LogP) is 5.25. The molecule has 0 aromatic heterocycles. The molecule has 3 aromatic rings. The van der Waals surface area contributed by atoms with Gasteiger partial charge in [0.1, 0.15) is 0 Å². The van der Waals surface area contributed by atoms with Crippen LogP contribution in [0.1, 0.15) is 18.4 Å². The smallest absolute Gasteiger partial charge is 0.238 e. The average molecular weight is 385 g/mol. The number of rotatable bonds is 6. The highest BCUT2D eigenvalue weighted by molar-refractivity contribution is 5.96. The first-order valence-electron chi connectivity index (χ1n) is 10.5. The Kier molecular flexibility index (Phi) is 6.38. The first-order valence-corrected chi connectivity index (χ1v) is 10.5. The second kappa shape index (κ2) is 9.53. The molecule has 0 spiro atoms. The quantitative estimate of drug-likeness (QED) is 0.630. The molecule has 1 N–H and O–H groups in total. The minimum atomic E-state index is 0.0647. The fourth-order valence-corrected chi connectivity index (χ4v) is 4.15. The van der Waals surface area contributed by atoms with E-state index in [1.807, 2.05) is 36.4 Å². The summed E-state index contributed by atoms with van der Waals surface area (Å²) < 4.78 is 0. The molecular weight excluding hydrogens is 356 g/mol. The Bertz CT molecular complexity index is 916. The Morgan fingerprint density at radius 3 is 2.17 bits per heavy atom. The van der Waals surface area contributed by atoms with Crippen molar-refractivity contribution in [1.29, 1.82) is 0 Å². The Labute approximate surface area is 173 Å². The molecule has 0 unspecified atom stereocenters. The molecule has 0 atom stereocenters. The Morgan fingerprint density at radius 1 is 0.828 bits per heavy atom. The van der Waals surface area contributed by atoms with Gasteiger partial charge in [-0.05, 0) is 55.5 Å². The summed E-state index contributed by atoms with van der Waals surface area (Å²) in [6.45, 7) is 2.44. The Balaban J connectivity index is 1.30. The summed E-state index contributed by atoms with van der Waals surface area (Å²) in [5.41, 5.74) is 4.47. The molecule has 0 radical (unpaired) electrons. The first-order chi connectivity index (χ1) is 14.3. The summed E-state index contributed by atoms with van der Waals surface area (Å²) in [6, 6.07) is 28.9. The number of nitrogens with one attached hydrogen (secondary N) is 1. The third kappa shape index (κ3) is 5.33. The van der Waals surface area contributed by atoms with Crippen molar-refractivity contribution in [3.63, 3.8) is 0 Å². The van der Waals surface area contributed by atoms with Crippen molar-refractivity contribution in [2.45, 2.75) is 19.3 Å². The van der Waals surface area contributed by atoms with Crippen molar-refractivity contribution in [2.24, 2.45) is 5.92 Å². The SMILES string of the molecule is O=C(CN1CCC(Cc2ccccc2)CC1)Nc1ccccc1-c1ccccc1. The van der Waals surface area contributed by atoms with Crippen LogP contribution in [0.25, 0.3) is 11.1 Å². The summed E-state index contributed by atoms with van der Waals surface area (Å²) >= 11 is 0. The Morgan fingerprint density at radius 2 is 1.45 bits per heavy atom. The van der Waals surface area contributed by atoms with Crippen molar-refractivity contribution in [2.75, 3.05) is 25.0 Å². The van der Waals surface area contributed by atoms with Gasteiger partial charge in [-0.3, -0.25) is 9.69 Å². The number of carbonyl (C=O) groups is 1. The summed E-state index contributed by atoms with van der Waals surface area (Å²) in [5.74, 6) is 0.783. The number of anilines is 1. The van der Waals surface area contributed by atoms with Crippen LogP contribution < -0.4 is 5.32 Å². The van der Waals surface area contributed by atoms with Gasteiger partial charge in [-0.1, -0.05) is 78.9 Å². The molecule has 3 heteroatoms. The maximum Gasteiger partial charge on any atom is 0.238 e. The van der Waals surface area contributed by atoms with Gasteiger partial charge in [-0.15, -0.1) is 0 Å². The zero-order valence-corrected chi connectivity index (χ0v) is 16.8. The van der Waals surface area contributed by atoms with Crippen LogP contribution in [0.3, 0.4) is 0 Å². The van der Waals surface area contributed by atoms with Crippen LogP contribution in [0.5, 0.6) is 0 Å². The number of amides is 1. The van der Waals surface area contributed by atoms with Crippen LogP contribution in [0.4, 0.5) is 5.69 Å². The molecule has 0 aliphatic carbocycles. The number of carbonyl (C=O) groups excluding carboxylic acids is 1. The molecular formula is C26H28N2O. The number of hydrogen-bond acceptors (Lipinski definition) is 2. The minimum Gasteiger partial charge on any atom is -0.324 e. The lowest BCUT2D eigenvalue weighted by molar-refractivity contribution is -0.117. The monoisotopic (exact) mass is 384 g/mol. The van der Waals surface area contributed by atoms with Crippen molar-refractivity contribution in [3.05, 3.63) is 90.5 Å². The van der Waals surface area contributed by atoms with Gasteiger partial charge < -0.3 is 5.32 Å². The van der Waals surface area contributed by atoms with E-state index in [4.69, 9.17) is 0 Å². The van der Waals surface area contributed by atoms with Crippen LogP contribution in [-0.4, -0.2) is 30.4 Å². The number of piperidine rings is 1. The molecule has 1 heterocycles. The summed E-state index contributed by atoms with van der Waals surface area (Å²) in [6.07, 6.45) is 3.46. The molecule has 1 fully saturated rings. The highest BCUT2D eigenvalue weighted by Crippen LogP contribution is 2.27. The number of hydrogen-bond donors (Lipinski definition) is 1. The fourth-order valence-electron chi connectivity index (χ4n) is 4.15. The van der Waals surface area contributed by atoms with Gasteiger partial charge in [0.05, 0.1) is 6.54 Å². The lowest BCUT2D eigenvalue weighted by Gasteiger charge is -2.31. The lowest BCUT2D eigenvalue weighted by atomic mass is 9.90. The summed E-state index contributed by atoms with van der Waals surface area (Å²) in [4.78, 5) is 15.0. The molecule has 1 amide bonds. The van der Waals surface area contributed by atoms with Crippen LogP contribution in [0.15, 0.2) is 84.9 Å². The average Bonchev–Trinajstić information content (AvgIpc) is 2.77. The molecule has 3 nitrogen and oxygen atoms in total. The van der Waals surface area contributed by atoms with Crippen molar-refractivity contribution >= 4 is 11.6 Å². The molecule has 4 rings (SSSR count). The standard InChI is InChI=1S/C26H28N2O/c29-26(27-25-14-8-7-13-24(25)23-11-5-2-6-12-23)20-28-17-15-22(16-18-28)19-21-9-3-1-4-10-21/h1-14,22H,15-20H2,(H,27,29). The maximum atomic E-state index is 12.7. The van der Waals surface area contributed by atoms with E-state index in [1.165, 1.54) is 5.56 Å². The van der Waals surface area contributed by atoms with Crippen molar-refractivity contribution in [3.8, 4) is 11.1 Å². The third-order valence-electron chi connectivity index (χ3n) is 5.73. The van der Waals surface area contributed by atoms with E-state index >= 15 is 0 Å². The van der Waals surface area contributed by atoms with Gasteiger partial charge in [0.25, 0.3) is 0 Å². The molecule has 3 aromatic carbocycles. The number of para-hydroxylation sites is 1. The predicted molar refractivity (Wildman–Crippen MR) is 120 cm³/mol. The summed E-state index contributed by atoms with van der Waals surface area (Å²) in [7, 11) is 0. The van der Waals surface area contributed by atoms with E-state index < -0.39 is 0 Å². The van der Waals surface area contributed by atoms with E-state index in [2.05, 4.69) is 58.7 Å². The van der Waals surface area contributed by atoms with Crippen molar-refractivity contribution in [1.82, 2.24) is 4.90 Å². The maximum absolute atomic E-state index is 12.7. The number of benzene rings is 3. The molecule has 0 bridgehead atoms. The molecule has 1 saturated heterocycles. The molecule has 0 saturated carbocycles. The van der Waals surface area contributed by atoms with E-state index in [0.717, 1.165) is 55.1 Å². The van der Waals surface area contributed by atoms with E-state index in [-0.39, 0.29) is 5.91 Å². The fraction of sp³-hybridized carbons (Fsp3) is 0.269. The van der Waals surface area contributed by atoms with Crippen molar-refractivity contribution < 1.29 is 4.79 Å². The largest absolute Gasteiger partial charge is 0.324 e. The molecule has 148 valence electrons. The highest BCUT2D eigenvalue weighted by Gasteiger charge is 2.21. The second-order valence-corrected chi connectivity index (χ2v) is 7.87. The normalized spacial score (nSPS) is 15.2. The van der Waals surface area contributed by atoms with Crippen LogP contribution in [-0.2, 0) is 11.2 Å². The van der Waals surface area contributed by atoms with E-state index in [9.17, 15) is 4.79 Å². The second-order valence-electron chi connectivity index (χ2n) is 7.87. The molecule has 1 aliphatic rings.